The summed E-state index contributed by atoms with van der Waals surface area (Å²) in [4.78, 5) is 117. The van der Waals surface area contributed by atoms with E-state index in [0.717, 1.165) is 111 Å². The van der Waals surface area contributed by atoms with Crippen LogP contribution in [0.15, 0.2) is 206 Å². The van der Waals surface area contributed by atoms with Gasteiger partial charge in [0.15, 0.2) is 0 Å². The fraction of sp³-hybridized carbons (Fsp3) is 0.429. The van der Waals surface area contributed by atoms with Crippen LogP contribution in [0, 0.1) is 11.8 Å². The van der Waals surface area contributed by atoms with Gasteiger partial charge in [-0.25, -0.2) is 32.7 Å². The number of fused-ring (bicyclic) bond motifs is 4. The van der Waals surface area contributed by atoms with Crippen molar-refractivity contribution in [3.8, 4) is 45.0 Å². The Morgan fingerprint density at radius 2 is 0.795 bits per heavy atom. The summed E-state index contributed by atoms with van der Waals surface area (Å²) in [6.07, 6.45) is 20.3. The predicted octanol–water partition coefficient (Wildman–Crippen LogP) is 12.6. The second-order valence-electron chi connectivity index (χ2n) is 32.5. The van der Waals surface area contributed by atoms with Crippen LogP contribution in [-0.2, 0) is 74.1 Å². The van der Waals surface area contributed by atoms with E-state index in [2.05, 4.69) is 21.3 Å². The summed E-state index contributed by atoms with van der Waals surface area (Å²) in [5.74, 6) is -5.72. The lowest BCUT2D eigenvalue weighted by atomic mass is 10.0. The molecular formula is C91H107N13O16S2. The minimum absolute atomic E-state index is 0. The number of ether oxygens (including phenoxy) is 2. The first-order valence-corrected chi connectivity index (χ1v) is 45.2. The maximum atomic E-state index is 14.8. The molecule has 4 aliphatic heterocycles. The first kappa shape index (κ1) is 88.1. The van der Waals surface area contributed by atoms with Crippen LogP contribution in [0.1, 0.15) is 172 Å². The molecule has 10 atom stereocenters. The van der Waals surface area contributed by atoms with Crippen molar-refractivity contribution in [3.63, 3.8) is 0 Å². The normalized spacial score (nSPS) is 25.1. The number of carbonyl (C=O) groups excluding carboxylic acids is 7. The van der Waals surface area contributed by atoms with Crippen LogP contribution < -0.4 is 26.4 Å². The van der Waals surface area contributed by atoms with Crippen LogP contribution >= 0.6 is 0 Å². The highest BCUT2D eigenvalue weighted by atomic mass is 32.2. The number of hydrogen-bond donors (Lipinski definition) is 6. The van der Waals surface area contributed by atoms with Gasteiger partial charge in [0.25, 0.3) is 0 Å². The van der Waals surface area contributed by atoms with Gasteiger partial charge >= 0.3 is 34.2 Å². The lowest BCUT2D eigenvalue weighted by Crippen LogP contribution is -2.56. The molecule has 31 heteroatoms. The first-order chi connectivity index (χ1) is 58.5. The molecule has 7 N–H and O–H groups in total. The Kier molecular flexibility index (Phi) is 28.8. The van der Waals surface area contributed by atoms with Crippen LogP contribution in [0.25, 0.3) is 45.0 Å². The van der Waals surface area contributed by atoms with E-state index in [0.29, 0.717) is 60.4 Å². The van der Waals surface area contributed by atoms with Crippen molar-refractivity contribution in [1.82, 2.24) is 61.1 Å². The molecule has 122 heavy (non-hydrogen) atoms. The quantitative estimate of drug-likeness (QED) is 0.0364. The van der Waals surface area contributed by atoms with E-state index in [-0.39, 0.29) is 70.1 Å². The minimum Gasteiger partial charge on any atom is -0.479 e. The summed E-state index contributed by atoms with van der Waals surface area (Å²) in [5, 5.41) is 46.2. The summed E-state index contributed by atoms with van der Waals surface area (Å²) >= 11 is 0. The van der Waals surface area contributed by atoms with Crippen molar-refractivity contribution in [2.24, 2.45) is 17.0 Å². The maximum Gasteiger partial charge on any atom is 0.408 e. The number of carbonyl (C=O) groups is 8. The molecule has 0 spiro atoms. The summed E-state index contributed by atoms with van der Waals surface area (Å²) in [7, 11) is -7.76. The van der Waals surface area contributed by atoms with Crippen LogP contribution in [0.5, 0.6) is 0 Å². The van der Waals surface area contributed by atoms with Gasteiger partial charge in [0.2, 0.25) is 33.7 Å². The van der Waals surface area contributed by atoms with Crippen molar-refractivity contribution in [2.45, 2.75) is 220 Å². The number of hydrogen-bond acceptors (Lipinski definition) is 19. The fourth-order valence-corrected chi connectivity index (χ4v) is 18.8. The van der Waals surface area contributed by atoms with Crippen LogP contribution in [0.2, 0.25) is 0 Å². The smallest absolute Gasteiger partial charge is 0.408 e. The average Bonchev–Trinajstić information content (AvgIpc) is 1.58. The summed E-state index contributed by atoms with van der Waals surface area (Å²) < 4.78 is 64.2. The fourth-order valence-electron chi connectivity index (χ4n) is 17.1. The molecular weight excluding hydrogens is 1600 g/mol. The number of aromatic nitrogens is 6. The van der Waals surface area contributed by atoms with E-state index >= 15 is 0 Å². The van der Waals surface area contributed by atoms with Crippen LogP contribution in [0.4, 0.5) is 9.59 Å². The molecule has 6 heterocycles. The summed E-state index contributed by atoms with van der Waals surface area (Å²) in [6, 6.07) is 50.8. The van der Waals surface area contributed by atoms with Crippen molar-refractivity contribution >= 4 is 67.9 Å². The zero-order chi connectivity index (χ0) is 84.7. The zero-order valence-corrected chi connectivity index (χ0v) is 69.0. The summed E-state index contributed by atoms with van der Waals surface area (Å²) in [6.45, 7) is 0.128. The third-order valence-electron chi connectivity index (χ3n) is 23.7. The number of primary sulfonamides is 1. The Morgan fingerprint density at radius 1 is 0.459 bits per heavy atom. The van der Waals surface area contributed by atoms with Crippen LogP contribution in [-0.4, -0.2) is 170 Å². The molecule has 6 fully saturated rings. The van der Waals surface area contributed by atoms with E-state index in [1.807, 2.05) is 152 Å². The van der Waals surface area contributed by atoms with Crippen molar-refractivity contribution in [1.29, 1.82) is 0 Å². The Labute approximate surface area is 711 Å². The molecule has 2 saturated heterocycles. The molecule has 6 aromatic carbocycles. The molecule has 644 valence electrons. The Bertz CT molecular complexity index is 5160. The average molecular weight is 1700 g/mol. The number of nitrogens with zero attached hydrogens (tertiary/aromatic N) is 8. The lowest BCUT2D eigenvalue weighted by molar-refractivity contribution is -0.145. The topological polar surface area (TPSA) is 395 Å². The number of benzene rings is 6. The van der Waals surface area contributed by atoms with Gasteiger partial charge in [0.05, 0.1) is 17.8 Å². The summed E-state index contributed by atoms with van der Waals surface area (Å²) in [5.41, 5.74) is 4.09. The third-order valence-corrected chi connectivity index (χ3v) is 25.5. The number of carboxylic acids is 1. The molecule has 8 aromatic rings. The first-order valence-electron chi connectivity index (χ1n) is 41.9. The van der Waals surface area contributed by atoms with E-state index in [1.54, 1.807) is 64.2 Å². The Balaban J connectivity index is 0.000000187. The molecule has 0 radical (unpaired) electrons. The van der Waals surface area contributed by atoms with Crippen molar-refractivity contribution in [3.05, 3.63) is 217 Å². The second-order valence-corrected chi connectivity index (χ2v) is 35.7. The van der Waals surface area contributed by atoms with Gasteiger partial charge in [-0.1, -0.05) is 239 Å². The standard InChI is InChI=1S/C45H50N6O8S.C38H44N6O6.C7H9NO2S.CH4/c52-41-38-27-35(51-48-39(32-19-9-5-10-20-32)40(49-51)33-21-11-6-12-22-33)29-50(38)42(53)37(46-44(55)58-36-24-15-16-25-36)26-14-3-1-2-13-23-34-28-45(34,47-41)43(54)59-60(56,57)30-31-17-7-4-8-18-31;45-34-31-22-28(44-41-32(25-14-6-4-7-15-25)33(42-44)26-16-8-5-9-17-26)24-43(31)35(46)30(39-37(49)50-29-19-12-13-20-29)21-11-3-1-2-10-18-27-23-38(27,40-34)36(47)48;8-11(9,10)6-7-4-2-1-3-5-7;/h4-13,17-23,34-38H,1-3,14-16,24-30H2,(H,46,55)(H,47,52);4-10,14-18,27-31H,1-3,11-13,19-24H2,(H,39,49)(H,40,45)(H,47,48);1-5H,6H2,(H2,8,9,10);1H4/b23-13-;18-10-;;/t34?,35-,37+,38+,45-;27?,28-,30+,31+,38-;;/m11../s1. The lowest BCUT2D eigenvalue weighted by Gasteiger charge is -2.30. The van der Waals surface area contributed by atoms with E-state index in [1.165, 1.54) is 9.80 Å². The molecule has 8 aliphatic rings. The number of sulfonamides is 1. The molecule has 29 nitrogen and oxygen atoms in total. The van der Waals surface area contributed by atoms with Gasteiger partial charge in [-0.15, -0.1) is 0 Å². The van der Waals surface area contributed by atoms with Crippen molar-refractivity contribution < 1.29 is 74.0 Å². The number of rotatable bonds is 17. The zero-order valence-electron chi connectivity index (χ0n) is 67.3. The Morgan fingerprint density at radius 3 is 1.16 bits per heavy atom. The van der Waals surface area contributed by atoms with E-state index in [9.17, 15) is 60.3 Å². The Hall–Kier alpha value is -11.7. The number of allylic oxidation sites excluding steroid dienone is 2. The molecule has 4 aliphatic carbocycles. The number of amides is 6. The SMILES string of the molecule is C.NS(=O)(=O)Cc1ccccc1.O=C(N[C@H]1CCCCC/C=C\C2C[C@@]2(C(=O)O)NC(=O)[C@@H]2C[C@@H](n3nc(-c4ccccc4)c(-c4ccccc4)n3)CN2C1=O)OC1CCCC1.O=C(N[C@H]1CCCCC/C=C\C2C[C@@]2(C(=O)OS(=O)(=O)Cc2ccccc2)NC(=O)[C@@H]2C[C@@H](n3nc(-c4ccccc4)c(-c4ccccc4)n3)CN2C1=O)OC1CCCC1. The molecule has 2 aromatic heterocycles. The predicted molar refractivity (Wildman–Crippen MR) is 457 cm³/mol. The highest BCUT2D eigenvalue weighted by Crippen LogP contribution is 2.48. The second kappa shape index (κ2) is 39.9. The largest absolute Gasteiger partial charge is 0.479 e. The molecule has 16 rings (SSSR count). The molecule has 4 saturated carbocycles. The highest BCUT2D eigenvalue weighted by Gasteiger charge is 2.64. The number of nitrogens with two attached hydrogens (primary N) is 1. The molecule has 0 bridgehead atoms. The highest BCUT2D eigenvalue weighted by molar-refractivity contribution is 7.88. The number of aliphatic carboxylic acids is 1. The third kappa shape index (κ3) is 22.1. The van der Waals surface area contributed by atoms with E-state index < -0.39 is 127 Å². The molecule has 6 amide bonds. The van der Waals surface area contributed by atoms with E-state index in [4.69, 9.17) is 39.2 Å². The number of nitrogens with one attached hydrogen (secondary N) is 4. The van der Waals surface area contributed by atoms with Crippen LogP contribution in [0.3, 0.4) is 0 Å². The number of alkyl carbamates (subject to hydrolysis) is 2. The van der Waals surface area contributed by atoms with Gasteiger partial charge in [-0.2, -0.15) is 38.4 Å². The molecule has 2 unspecified atom stereocenters. The van der Waals surface area contributed by atoms with Gasteiger partial charge in [0.1, 0.15) is 76.0 Å². The van der Waals surface area contributed by atoms with Gasteiger partial charge < -0.3 is 49.8 Å². The maximum absolute atomic E-state index is 14.8. The minimum atomic E-state index is -4.39. The monoisotopic (exact) mass is 1700 g/mol. The van der Waals surface area contributed by atoms with Gasteiger partial charge in [-0.05, 0) is 114 Å². The van der Waals surface area contributed by atoms with Gasteiger partial charge in [-0.3, -0.25) is 19.2 Å². The van der Waals surface area contributed by atoms with Crippen molar-refractivity contribution in [2.75, 3.05) is 13.1 Å². The number of carboxylic acid groups (broad SMARTS) is 1. The van der Waals surface area contributed by atoms with Gasteiger partial charge in [0, 0.05) is 60.0 Å².